The molecule has 0 saturated heterocycles. The molecule has 5 rings (SSSR count). The fraction of sp³-hybridized carbons (Fsp3) is 0.219. The Morgan fingerprint density at radius 1 is 1.20 bits per heavy atom. The second-order valence-electron chi connectivity index (χ2n) is 10.1. The van der Waals surface area contributed by atoms with Crippen molar-refractivity contribution in [3.05, 3.63) is 100 Å². The molecule has 41 heavy (non-hydrogen) atoms. The highest BCUT2D eigenvalue weighted by molar-refractivity contribution is 6.31. The average molecular weight is 555 g/mol. The van der Waals surface area contributed by atoms with Gasteiger partial charge < -0.3 is 19.9 Å². The summed E-state index contributed by atoms with van der Waals surface area (Å²) in [6.45, 7) is 8.98. The lowest BCUT2D eigenvalue weighted by Crippen LogP contribution is -2.41. The van der Waals surface area contributed by atoms with E-state index in [1.807, 2.05) is 43.3 Å². The van der Waals surface area contributed by atoms with E-state index in [4.69, 9.17) is 14.3 Å². The predicted octanol–water partition coefficient (Wildman–Crippen LogP) is 4.46. The zero-order valence-electron chi connectivity index (χ0n) is 23.2. The van der Waals surface area contributed by atoms with Crippen LogP contribution in [-0.2, 0) is 26.4 Å². The van der Waals surface area contributed by atoms with Crippen molar-refractivity contribution >= 4 is 28.2 Å². The van der Waals surface area contributed by atoms with Crippen LogP contribution in [0.4, 0.5) is 0 Å². The van der Waals surface area contributed by atoms with E-state index in [9.17, 15) is 19.5 Å². The number of aromatic hydroxyl groups is 1. The topological polar surface area (TPSA) is 123 Å². The molecule has 3 aromatic rings. The molecule has 210 valence electrons. The molecular formula is C32H30N2O7. The van der Waals surface area contributed by atoms with Crippen molar-refractivity contribution in [3.63, 3.8) is 0 Å². The first kappa shape index (κ1) is 27.7. The molecule has 0 unspecified atom stereocenters. The number of fused-ring (bicyclic) bond motifs is 4. The van der Waals surface area contributed by atoms with Gasteiger partial charge in [0.05, 0.1) is 24.9 Å². The number of amides is 1. The number of phenols is 1. The van der Waals surface area contributed by atoms with E-state index in [1.54, 1.807) is 6.92 Å². The highest BCUT2D eigenvalue weighted by atomic mass is 16.6. The van der Waals surface area contributed by atoms with Gasteiger partial charge >= 0.3 is 0 Å². The lowest BCUT2D eigenvalue weighted by molar-refractivity contribution is -0.123. The Kier molecular flexibility index (Phi) is 7.15. The number of nitrogens with one attached hydrogen (secondary N) is 2. The summed E-state index contributed by atoms with van der Waals surface area (Å²) < 4.78 is 11.5. The number of Topliss-reactive ketones (excluding diaryl/α,β-unsaturated/α-hetero) is 1. The number of ether oxygens (including phenoxy) is 2. The Balaban J connectivity index is 1.56. The molecule has 1 aliphatic heterocycles. The quantitative estimate of drug-likeness (QED) is 0.123. The van der Waals surface area contributed by atoms with E-state index in [0.29, 0.717) is 0 Å². The van der Waals surface area contributed by atoms with Gasteiger partial charge in [0, 0.05) is 24.4 Å². The number of benzene rings is 3. The SMILES string of the molecule is C=CCON/C(C)=C1\C(=O)C=C2Oc3c(C(=O)NCc4c(C)ccc5ccccc45)c(OC)cc(O)c3[C@]2(C)C1=O. The molecular weight excluding hydrogens is 524 g/mol. The molecule has 3 N–H and O–H groups in total. The summed E-state index contributed by atoms with van der Waals surface area (Å²) in [5, 5.41) is 16.1. The minimum atomic E-state index is -1.57. The molecule has 3 aromatic carbocycles. The third-order valence-electron chi connectivity index (χ3n) is 7.57. The lowest BCUT2D eigenvalue weighted by Gasteiger charge is -2.28. The first-order valence-corrected chi connectivity index (χ1v) is 13.0. The van der Waals surface area contributed by atoms with Crippen molar-refractivity contribution in [3.8, 4) is 17.2 Å². The van der Waals surface area contributed by atoms with Gasteiger partial charge in [-0.1, -0.05) is 42.5 Å². The Morgan fingerprint density at radius 3 is 2.68 bits per heavy atom. The van der Waals surface area contributed by atoms with Crippen molar-refractivity contribution in [1.29, 1.82) is 0 Å². The van der Waals surface area contributed by atoms with Gasteiger partial charge in [-0.15, -0.1) is 6.58 Å². The summed E-state index contributed by atoms with van der Waals surface area (Å²) in [5.41, 5.74) is 3.11. The van der Waals surface area contributed by atoms with Crippen molar-refractivity contribution in [2.75, 3.05) is 13.7 Å². The molecule has 0 spiro atoms. The number of methoxy groups -OCH3 is 1. The summed E-state index contributed by atoms with van der Waals surface area (Å²) in [4.78, 5) is 45.8. The molecule has 0 radical (unpaired) electrons. The third-order valence-corrected chi connectivity index (χ3v) is 7.57. The summed E-state index contributed by atoms with van der Waals surface area (Å²) in [7, 11) is 1.36. The van der Waals surface area contributed by atoms with E-state index in [1.165, 1.54) is 32.3 Å². The van der Waals surface area contributed by atoms with Crippen LogP contribution in [0.5, 0.6) is 17.2 Å². The molecule has 1 heterocycles. The van der Waals surface area contributed by atoms with Gasteiger partial charge in [-0.25, -0.2) is 0 Å². The van der Waals surface area contributed by atoms with E-state index in [0.717, 1.165) is 21.9 Å². The molecule has 0 saturated carbocycles. The van der Waals surface area contributed by atoms with Crippen molar-refractivity contribution in [2.24, 2.45) is 0 Å². The highest BCUT2D eigenvalue weighted by Crippen LogP contribution is 2.56. The van der Waals surface area contributed by atoms with Gasteiger partial charge in [0.2, 0.25) is 0 Å². The van der Waals surface area contributed by atoms with Crippen molar-refractivity contribution < 1.29 is 33.8 Å². The Labute approximate surface area is 237 Å². The Hall–Kier alpha value is -4.89. The molecule has 2 aliphatic rings. The van der Waals surface area contributed by atoms with Crippen LogP contribution < -0.4 is 20.3 Å². The number of hydrogen-bond acceptors (Lipinski definition) is 8. The second kappa shape index (κ2) is 10.6. The van der Waals surface area contributed by atoms with E-state index < -0.39 is 22.9 Å². The largest absolute Gasteiger partial charge is 0.507 e. The monoisotopic (exact) mass is 554 g/mol. The second-order valence-corrected chi connectivity index (χ2v) is 10.1. The number of ketones is 2. The number of carbonyl (C=O) groups is 3. The average Bonchev–Trinajstić information content (AvgIpc) is 3.25. The standard InChI is InChI=1S/C32H30N2O7/c1-6-13-40-34-18(3)26-22(35)15-25-32(4,30(26)37)28-23(36)14-24(39-5)27(29(28)41-25)31(38)33-16-21-17(2)11-12-19-9-7-8-10-20(19)21/h6-12,14-15,34,36H,1,13,16H2,2-5H3,(H,33,38)/b26-18+/t32-/m1/s1. The van der Waals surface area contributed by atoms with Gasteiger partial charge in [0.25, 0.3) is 5.91 Å². The maximum absolute atomic E-state index is 13.9. The summed E-state index contributed by atoms with van der Waals surface area (Å²) in [6, 6.07) is 13.2. The fourth-order valence-corrected chi connectivity index (χ4v) is 5.42. The van der Waals surface area contributed by atoms with Crippen LogP contribution in [-0.4, -0.2) is 36.3 Å². The smallest absolute Gasteiger partial charge is 0.259 e. The van der Waals surface area contributed by atoms with Crippen LogP contribution in [0.25, 0.3) is 10.8 Å². The number of allylic oxidation sites excluding steroid dienone is 4. The Bertz CT molecular complexity index is 1700. The van der Waals surface area contributed by atoms with Crippen LogP contribution in [0.1, 0.15) is 40.9 Å². The van der Waals surface area contributed by atoms with Crippen LogP contribution in [0.3, 0.4) is 0 Å². The number of carbonyl (C=O) groups excluding carboxylic acids is 3. The van der Waals surface area contributed by atoms with Crippen LogP contribution in [0, 0.1) is 6.92 Å². The van der Waals surface area contributed by atoms with Gasteiger partial charge in [-0.2, -0.15) is 0 Å². The molecule has 1 aliphatic carbocycles. The number of rotatable bonds is 8. The van der Waals surface area contributed by atoms with E-state index in [-0.39, 0.29) is 58.6 Å². The number of hydrogen-bond donors (Lipinski definition) is 3. The Morgan fingerprint density at radius 2 is 1.95 bits per heavy atom. The molecule has 1 atom stereocenters. The first-order chi connectivity index (χ1) is 19.6. The third kappa shape index (κ3) is 4.44. The number of hydroxylamine groups is 1. The summed E-state index contributed by atoms with van der Waals surface area (Å²) >= 11 is 0. The van der Waals surface area contributed by atoms with Crippen LogP contribution in [0.15, 0.2) is 78.2 Å². The minimum Gasteiger partial charge on any atom is -0.507 e. The molecule has 0 fully saturated rings. The molecule has 0 aromatic heterocycles. The lowest BCUT2D eigenvalue weighted by atomic mass is 9.70. The zero-order valence-corrected chi connectivity index (χ0v) is 23.2. The van der Waals surface area contributed by atoms with Crippen LogP contribution >= 0.6 is 0 Å². The van der Waals surface area contributed by atoms with Crippen molar-refractivity contribution in [1.82, 2.24) is 10.8 Å². The normalized spacial score (nSPS) is 18.7. The van der Waals surface area contributed by atoms with Gasteiger partial charge in [0.1, 0.15) is 28.2 Å². The highest BCUT2D eigenvalue weighted by Gasteiger charge is 2.56. The fourth-order valence-electron chi connectivity index (χ4n) is 5.42. The van der Waals surface area contributed by atoms with Gasteiger partial charge in [-0.05, 0) is 42.7 Å². The number of phenolic OH excluding ortho intramolecular Hbond substituents is 1. The van der Waals surface area contributed by atoms with Gasteiger partial charge in [-0.3, -0.25) is 24.7 Å². The predicted molar refractivity (Wildman–Crippen MR) is 153 cm³/mol. The number of aryl methyl sites for hydroxylation is 1. The van der Waals surface area contributed by atoms with Crippen molar-refractivity contribution in [2.45, 2.75) is 32.7 Å². The van der Waals surface area contributed by atoms with Crippen LogP contribution in [0.2, 0.25) is 0 Å². The molecule has 1 amide bonds. The maximum atomic E-state index is 13.9. The minimum absolute atomic E-state index is 0.00431. The summed E-state index contributed by atoms with van der Waals surface area (Å²) in [6.07, 6.45) is 2.71. The van der Waals surface area contributed by atoms with E-state index >= 15 is 0 Å². The van der Waals surface area contributed by atoms with E-state index in [2.05, 4.69) is 17.4 Å². The zero-order chi connectivity index (χ0) is 29.5. The summed E-state index contributed by atoms with van der Waals surface area (Å²) in [5.74, 6) is -2.01. The first-order valence-electron chi connectivity index (χ1n) is 13.0. The molecule has 9 heteroatoms. The van der Waals surface area contributed by atoms with Gasteiger partial charge in [0.15, 0.2) is 17.3 Å². The maximum Gasteiger partial charge on any atom is 0.259 e. The molecule has 0 bridgehead atoms. The molecule has 9 nitrogen and oxygen atoms in total.